The highest BCUT2D eigenvalue weighted by molar-refractivity contribution is 6.01. The topological polar surface area (TPSA) is 13.0 Å². The monoisotopic (exact) mass is 1330 g/mol. The summed E-state index contributed by atoms with van der Waals surface area (Å²) in [5, 5.41) is 0. The minimum Gasteiger partial charge on any atom is -0.311 e. The lowest BCUT2D eigenvalue weighted by Gasteiger charge is -2.33. The van der Waals surface area contributed by atoms with Crippen molar-refractivity contribution in [1.82, 2.24) is 0 Å². The predicted molar refractivity (Wildman–Crippen MR) is 440 cm³/mol. The largest absolute Gasteiger partial charge is 0.311 e. The standard InChI is InChI=1S/C99H84N4/c1-70(2)73-37-43-76(44-38-73)82-55-64-94(79-49-58-91(59-50-79)100(85-25-13-7-14-26-85)86-27-15-8-16-28-86)97(67-82)103(98-68-83(77-45-39-74(40-46-77)71(3)4)56-65-95(98)80-51-60-92(61-52-80)101(87-29-17-9-18-30-87)88-31-19-10-20-32-88)99-69-84(78-47-41-75(42-48-78)72(5)6)57-66-96(99)81-53-62-93(63-54-81)102(89-33-21-11-22-34-89)90-35-23-12-24-36-90/h7-72H,1-6H3. The van der Waals surface area contributed by atoms with E-state index in [9.17, 15) is 0 Å². The molecule has 0 aliphatic heterocycles. The summed E-state index contributed by atoms with van der Waals surface area (Å²) in [5.41, 5.74) is 29.8. The average Bonchev–Trinajstić information content (AvgIpc) is 0.744. The maximum Gasteiger partial charge on any atom is 0.0546 e. The van der Waals surface area contributed by atoms with Gasteiger partial charge in [-0.25, -0.2) is 0 Å². The van der Waals surface area contributed by atoms with E-state index in [1.165, 1.54) is 16.7 Å². The molecule has 500 valence electrons. The smallest absolute Gasteiger partial charge is 0.0546 e. The molecule has 0 heterocycles. The molecule has 0 bridgehead atoms. The van der Waals surface area contributed by atoms with E-state index in [1.54, 1.807) is 0 Å². The molecule has 15 aromatic carbocycles. The van der Waals surface area contributed by atoms with E-state index in [0.29, 0.717) is 17.8 Å². The van der Waals surface area contributed by atoms with E-state index in [4.69, 9.17) is 0 Å². The number of rotatable bonds is 21. The lowest BCUT2D eigenvalue weighted by atomic mass is 9.91. The van der Waals surface area contributed by atoms with Gasteiger partial charge in [0.1, 0.15) is 0 Å². The minimum absolute atomic E-state index is 0.382. The van der Waals surface area contributed by atoms with Crippen molar-refractivity contribution in [3.63, 3.8) is 0 Å². The van der Waals surface area contributed by atoms with Crippen molar-refractivity contribution in [2.45, 2.75) is 59.3 Å². The van der Waals surface area contributed by atoms with Gasteiger partial charge in [0.2, 0.25) is 0 Å². The molecule has 4 nitrogen and oxygen atoms in total. The van der Waals surface area contributed by atoms with Crippen LogP contribution in [0.3, 0.4) is 0 Å². The molecule has 103 heavy (non-hydrogen) atoms. The molecule has 0 spiro atoms. The quantitative estimate of drug-likeness (QED) is 0.0711. The highest BCUT2D eigenvalue weighted by Crippen LogP contribution is 2.52. The second kappa shape index (κ2) is 30.1. The van der Waals surface area contributed by atoms with Crippen LogP contribution >= 0.6 is 0 Å². The molecular formula is C99H84N4. The van der Waals surface area contributed by atoms with Gasteiger partial charge in [-0.15, -0.1) is 0 Å². The zero-order valence-corrected chi connectivity index (χ0v) is 59.4. The summed E-state index contributed by atoms with van der Waals surface area (Å²) < 4.78 is 0. The van der Waals surface area contributed by atoms with Crippen LogP contribution in [0.2, 0.25) is 0 Å². The van der Waals surface area contributed by atoms with E-state index in [2.05, 4.69) is 443 Å². The molecule has 0 unspecified atom stereocenters. The Morgan fingerprint density at radius 2 is 0.330 bits per heavy atom. The van der Waals surface area contributed by atoms with E-state index in [0.717, 1.165) is 135 Å². The highest BCUT2D eigenvalue weighted by Gasteiger charge is 2.28. The van der Waals surface area contributed by atoms with Crippen molar-refractivity contribution in [2.75, 3.05) is 19.6 Å². The Bertz CT molecular complexity index is 4620. The van der Waals surface area contributed by atoms with Crippen molar-refractivity contribution < 1.29 is 0 Å². The zero-order chi connectivity index (χ0) is 70.2. The second-order valence-electron chi connectivity index (χ2n) is 27.5. The van der Waals surface area contributed by atoms with Crippen LogP contribution in [0.5, 0.6) is 0 Å². The van der Waals surface area contributed by atoms with Gasteiger partial charge in [0.15, 0.2) is 0 Å². The van der Waals surface area contributed by atoms with Gasteiger partial charge in [-0.2, -0.15) is 0 Å². The van der Waals surface area contributed by atoms with E-state index < -0.39 is 0 Å². The van der Waals surface area contributed by atoms with Gasteiger partial charge < -0.3 is 19.6 Å². The molecular weight excluding hydrogens is 1250 g/mol. The molecule has 0 aliphatic carbocycles. The Balaban J connectivity index is 1.02. The van der Waals surface area contributed by atoms with Crippen molar-refractivity contribution in [2.24, 2.45) is 0 Å². The molecule has 0 amide bonds. The lowest BCUT2D eigenvalue weighted by Crippen LogP contribution is -2.15. The molecule has 0 aliphatic rings. The first-order valence-corrected chi connectivity index (χ1v) is 36.1. The van der Waals surface area contributed by atoms with Crippen LogP contribution < -0.4 is 19.6 Å². The Morgan fingerprint density at radius 3 is 0.524 bits per heavy atom. The first-order chi connectivity index (χ1) is 50.6. The Labute approximate surface area is 609 Å². The van der Waals surface area contributed by atoms with Crippen molar-refractivity contribution in [3.05, 3.63) is 399 Å². The molecule has 0 aromatic heterocycles. The average molecular weight is 1330 g/mol. The zero-order valence-electron chi connectivity index (χ0n) is 59.4. The molecule has 0 saturated carbocycles. The van der Waals surface area contributed by atoms with Gasteiger partial charge in [0.05, 0.1) is 17.1 Å². The van der Waals surface area contributed by atoms with Crippen LogP contribution in [0, 0.1) is 0 Å². The van der Waals surface area contributed by atoms with E-state index >= 15 is 0 Å². The molecule has 0 radical (unpaired) electrons. The summed E-state index contributed by atoms with van der Waals surface area (Å²) in [5.74, 6) is 1.15. The third kappa shape index (κ3) is 14.4. The van der Waals surface area contributed by atoms with Crippen molar-refractivity contribution in [1.29, 1.82) is 0 Å². The number of nitrogens with zero attached hydrogens (tertiary/aromatic N) is 4. The van der Waals surface area contributed by atoms with Gasteiger partial charge in [0.25, 0.3) is 0 Å². The summed E-state index contributed by atoms with van der Waals surface area (Å²) in [4.78, 5) is 9.63. The van der Waals surface area contributed by atoms with Crippen LogP contribution in [0.25, 0.3) is 66.8 Å². The van der Waals surface area contributed by atoms with Crippen LogP contribution in [-0.4, -0.2) is 0 Å². The van der Waals surface area contributed by atoms with Crippen LogP contribution in [0.4, 0.5) is 68.2 Å². The van der Waals surface area contributed by atoms with Gasteiger partial charge in [-0.05, 0) is 212 Å². The van der Waals surface area contributed by atoms with Crippen LogP contribution in [-0.2, 0) is 0 Å². The first kappa shape index (κ1) is 66.4. The number of hydrogen-bond acceptors (Lipinski definition) is 4. The van der Waals surface area contributed by atoms with Gasteiger partial charge in [-0.1, -0.05) is 296 Å². The summed E-state index contributed by atoms with van der Waals surface area (Å²) in [6.45, 7) is 13.6. The fraction of sp³-hybridized carbons (Fsp3) is 0.0909. The van der Waals surface area contributed by atoms with Gasteiger partial charge in [0, 0.05) is 67.9 Å². The second-order valence-corrected chi connectivity index (χ2v) is 27.5. The number of hydrogen-bond donors (Lipinski definition) is 0. The molecule has 0 saturated heterocycles. The van der Waals surface area contributed by atoms with Crippen molar-refractivity contribution >= 4 is 68.2 Å². The first-order valence-electron chi connectivity index (χ1n) is 36.1. The maximum absolute atomic E-state index is 2.61. The number of anilines is 12. The summed E-state index contributed by atoms with van der Waals surface area (Å²) in [7, 11) is 0. The minimum atomic E-state index is 0.382. The third-order valence-corrected chi connectivity index (χ3v) is 19.8. The van der Waals surface area contributed by atoms with Crippen LogP contribution in [0.1, 0.15) is 76.0 Å². The van der Waals surface area contributed by atoms with Crippen LogP contribution in [0.15, 0.2) is 382 Å². The van der Waals surface area contributed by atoms with Crippen molar-refractivity contribution in [3.8, 4) is 66.8 Å². The number of benzene rings is 15. The maximum atomic E-state index is 2.61. The Morgan fingerprint density at radius 1 is 0.155 bits per heavy atom. The Kier molecular flexibility index (Phi) is 19.4. The van der Waals surface area contributed by atoms with E-state index in [-0.39, 0.29) is 0 Å². The summed E-state index contributed by atoms with van der Waals surface area (Å²) >= 11 is 0. The molecule has 0 fully saturated rings. The molecule has 4 heteroatoms. The SMILES string of the molecule is CC(C)c1ccc(-c2ccc(-c3ccc(N(c4ccccc4)c4ccccc4)cc3)c(N(c3cc(-c4ccc(C(C)C)cc4)ccc3-c3ccc(N(c4ccccc4)c4ccccc4)cc3)c3cc(-c4ccc(C(C)C)cc4)ccc3-c3ccc(N(c4ccccc4)c4ccccc4)cc3)c2)cc1. The lowest BCUT2D eigenvalue weighted by molar-refractivity contribution is 0.867. The fourth-order valence-electron chi connectivity index (χ4n) is 14.2. The molecule has 0 N–H and O–H groups in total. The fourth-order valence-corrected chi connectivity index (χ4v) is 14.2. The predicted octanol–water partition coefficient (Wildman–Crippen LogP) is 28.9. The number of para-hydroxylation sites is 6. The summed E-state index contributed by atoms with van der Waals surface area (Å²) in [6, 6.07) is 141. The molecule has 0 atom stereocenters. The van der Waals surface area contributed by atoms with E-state index in [1.807, 2.05) is 0 Å². The molecule has 15 aromatic rings. The summed E-state index contributed by atoms with van der Waals surface area (Å²) in [6.07, 6.45) is 0. The Hall–Kier alpha value is -12.5. The third-order valence-electron chi connectivity index (χ3n) is 19.8. The van der Waals surface area contributed by atoms with Gasteiger partial charge >= 0.3 is 0 Å². The normalized spacial score (nSPS) is 11.3. The molecule has 15 rings (SSSR count). The van der Waals surface area contributed by atoms with Gasteiger partial charge in [-0.3, -0.25) is 0 Å². The highest BCUT2D eigenvalue weighted by atomic mass is 15.2.